The molecule has 0 spiro atoms. The average Bonchev–Trinajstić information content (AvgIpc) is 2.56. The Labute approximate surface area is 93.1 Å². The standard InChI is InChI=1S/C10H9BN3O2/c15-9(16)6-4-7-8(12-5-6)13-10(11-7)14-2-1-3-14/h4-5H,1-3H2,(H,15,16). The van der Waals surface area contributed by atoms with Crippen molar-refractivity contribution < 1.29 is 9.90 Å². The topological polar surface area (TPSA) is 65.8 Å². The van der Waals surface area contributed by atoms with Gasteiger partial charge in [0.2, 0.25) is 7.28 Å². The van der Waals surface area contributed by atoms with E-state index in [9.17, 15) is 4.79 Å². The van der Waals surface area contributed by atoms with Crippen LogP contribution in [0.4, 0.5) is 5.82 Å². The number of pyridine rings is 1. The monoisotopic (exact) mass is 214 g/mol. The van der Waals surface area contributed by atoms with Crippen LogP contribution in [0, 0.1) is 0 Å². The van der Waals surface area contributed by atoms with Gasteiger partial charge in [-0.05, 0) is 17.9 Å². The highest BCUT2D eigenvalue weighted by Crippen LogP contribution is 2.16. The Hall–Kier alpha value is -1.85. The lowest BCUT2D eigenvalue weighted by Gasteiger charge is -2.32. The minimum atomic E-state index is -0.957. The zero-order valence-corrected chi connectivity index (χ0v) is 8.55. The second kappa shape index (κ2) is 3.33. The van der Waals surface area contributed by atoms with Crippen molar-refractivity contribution in [2.45, 2.75) is 6.42 Å². The largest absolute Gasteiger partial charge is 0.478 e. The summed E-state index contributed by atoms with van der Waals surface area (Å²) >= 11 is 0. The van der Waals surface area contributed by atoms with Gasteiger partial charge in [0.1, 0.15) is 5.82 Å². The Kier molecular flexibility index (Phi) is 1.95. The zero-order valence-electron chi connectivity index (χ0n) is 8.55. The van der Waals surface area contributed by atoms with Crippen LogP contribution in [0.5, 0.6) is 0 Å². The van der Waals surface area contributed by atoms with E-state index in [0.717, 1.165) is 24.3 Å². The summed E-state index contributed by atoms with van der Waals surface area (Å²) in [6, 6.07) is 1.61. The first-order chi connectivity index (χ1) is 7.74. The molecule has 3 heterocycles. The van der Waals surface area contributed by atoms with Crippen molar-refractivity contribution in [3.63, 3.8) is 0 Å². The second-order valence-electron chi connectivity index (χ2n) is 3.90. The zero-order chi connectivity index (χ0) is 11.1. The molecular weight excluding hydrogens is 205 g/mol. The van der Waals surface area contributed by atoms with E-state index in [1.54, 1.807) is 6.07 Å². The third-order valence-corrected chi connectivity index (χ3v) is 2.83. The average molecular weight is 214 g/mol. The fraction of sp³-hybridized carbons (Fsp3) is 0.300. The molecule has 5 nitrogen and oxygen atoms in total. The summed E-state index contributed by atoms with van der Waals surface area (Å²) < 4.78 is 0. The lowest BCUT2D eigenvalue weighted by Crippen LogP contribution is -2.45. The van der Waals surface area contributed by atoms with Crippen LogP contribution >= 0.6 is 0 Å². The van der Waals surface area contributed by atoms with E-state index in [4.69, 9.17) is 5.11 Å². The predicted octanol–water partition coefficient (Wildman–Crippen LogP) is -0.184. The number of nitrogens with zero attached hydrogens (tertiary/aromatic N) is 3. The number of amidine groups is 1. The van der Waals surface area contributed by atoms with Crippen molar-refractivity contribution in [2.24, 2.45) is 4.99 Å². The predicted molar refractivity (Wildman–Crippen MR) is 59.9 cm³/mol. The van der Waals surface area contributed by atoms with Gasteiger partial charge in [-0.3, -0.25) is 0 Å². The molecule has 16 heavy (non-hydrogen) atoms. The van der Waals surface area contributed by atoms with Crippen molar-refractivity contribution >= 4 is 30.3 Å². The smallest absolute Gasteiger partial charge is 0.337 e. The van der Waals surface area contributed by atoms with E-state index in [0.29, 0.717) is 5.82 Å². The molecule has 0 aliphatic carbocycles. The van der Waals surface area contributed by atoms with Crippen LogP contribution < -0.4 is 5.46 Å². The molecule has 1 aromatic heterocycles. The molecule has 1 fully saturated rings. The number of rotatable bonds is 1. The van der Waals surface area contributed by atoms with Crippen LogP contribution in [-0.4, -0.2) is 47.1 Å². The van der Waals surface area contributed by atoms with Gasteiger partial charge < -0.3 is 10.0 Å². The van der Waals surface area contributed by atoms with E-state index >= 15 is 0 Å². The molecule has 1 N–H and O–H groups in total. The number of hydrogen-bond acceptors (Lipinski definition) is 4. The van der Waals surface area contributed by atoms with E-state index < -0.39 is 5.97 Å². The van der Waals surface area contributed by atoms with Crippen molar-refractivity contribution in [2.75, 3.05) is 13.1 Å². The minimum Gasteiger partial charge on any atom is -0.478 e. The lowest BCUT2D eigenvalue weighted by molar-refractivity contribution is 0.0696. The first kappa shape index (κ1) is 9.39. The molecule has 0 atom stereocenters. The van der Waals surface area contributed by atoms with Crippen LogP contribution in [0.3, 0.4) is 0 Å². The van der Waals surface area contributed by atoms with E-state index in [1.165, 1.54) is 12.6 Å². The number of aromatic nitrogens is 1. The first-order valence-electron chi connectivity index (χ1n) is 5.16. The molecule has 2 aliphatic rings. The van der Waals surface area contributed by atoms with Gasteiger partial charge in [0.15, 0.2) is 0 Å². The molecule has 6 heteroatoms. The van der Waals surface area contributed by atoms with Crippen molar-refractivity contribution in [3.05, 3.63) is 17.8 Å². The molecule has 3 rings (SSSR count). The number of hydrogen-bond donors (Lipinski definition) is 1. The number of aromatic carboxylic acids is 1. The van der Waals surface area contributed by atoms with Crippen LogP contribution in [0.1, 0.15) is 16.8 Å². The molecule has 0 saturated carbocycles. The fourth-order valence-corrected chi connectivity index (χ4v) is 1.78. The number of aliphatic imine (C=N–C) groups is 1. The number of carboxylic acids is 1. The van der Waals surface area contributed by atoms with Crippen LogP contribution in [0.2, 0.25) is 0 Å². The summed E-state index contributed by atoms with van der Waals surface area (Å²) in [6.07, 6.45) is 2.54. The molecule has 1 saturated heterocycles. The summed E-state index contributed by atoms with van der Waals surface area (Å²) in [6.45, 7) is 2.05. The van der Waals surface area contributed by atoms with Crippen molar-refractivity contribution in [1.29, 1.82) is 0 Å². The van der Waals surface area contributed by atoms with Gasteiger partial charge in [-0.1, -0.05) is 0 Å². The highest BCUT2D eigenvalue weighted by Gasteiger charge is 2.26. The normalized spacial score (nSPS) is 17.2. The second-order valence-corrected chi connectivity index (χ2v) is 3.90. The lowest BCUT2D eigenvalue weighted by atomic mass is 9.69. The highest BCUT2D eigenvalue weighted by molar-refractivity contribution is 6.87. The fourth-order valence-electron chi connectivity index (χ4n) is 1.78. The van der Waals surface area contributed by atoms with Crippen molar-refractivity contribution in [3.8, 4) is 0 Å². The summed E-state index contributed by atoms with van der Waals surface area (Å²) in [5.41, 5.74) is 1.90. The summed E-state index contributed by atoms with van der Waals surface area (Å²) in [4.78, 5) is 21.3. The minimum absolute atomic E-state index is 0.204. The van der Waals surface area contributed by atoms with Gasteiger partial charge in [-0.15, -0.1) is 0 Å². The number of likely N-dealkylation sites (tertiary alicyclic amines) is 1. The number of fused-ring (bicyclic) bond motifs is 1. The van der Waals surface area contributed by atoms with Gasteiger partial charge >= 0.3 is 5.97 Å². The molecule has 1 radical (unpaired) electrons. The Morgan fingerprint density at radius 2 is 2.31 bits per heavy atom. The molecule has 0 unspecified atom stereocenters. The van der Waals surface area contributed by atoms with Crippen molar-refractivity contribution in [1.82, 2.24) is 9.88 Å². The molecule has 79 valence electrons. The summed E-state index contributed by atoms with van der Waals surface area (Å²) in [7, 11) is 1.90. The Balaban J connectivity index is 1.89. The van der Waals surface area contributed by atoms with Crippen LogP contribution in [0.15, 0.2) is 17.3 Å². The SMILES string of the molecule is O=C(O)c1cnc2c(c1)[B]C(N1CCC1)=N2. The van der Waals surface area contributed by atoms with Crippen LogP contribution in [0.25, 0.3) is 0 Å². The molecule has 0 aromatic carbocycles. The Bertz CT molecular complexity index is 497. The summed E-state index contributed by atoms with van der Waals surface area (Å²) in [5.74, 6) is -0.340. The van der Waals surface area contributed by atoms with Gasteiger partial charge in [0, 0.05) is 19.3 Å². The third kappa shape index (κ3) is 1.38. The Morgan fingerprint density at radius 1 is 1.50 bits per heavy atom. The van der Waals surface area contributed by atoms with E-state index in [1.807, 2.05) is 7.28 Å². The third-order valence-electron chi connectivity index (χ3n) is 2.83. The molecule has 1 aromatic rings. The van der Waals surface area contributed by atoms with E-state index in [-0.39, 0.29) is 5.56 Å². The molecule has 2 aliphatic heterocycles. The maximum atomic E-state index is 10.8. The van der Waals surface area contributed by atoms with Crippen LogP contribution in [-0.2, 0) is 0 Å². The van der Waals surface area contributed by atoms with Gasteiger partial charge in [0.05, 0.1) is 11.3 Å². The maximum Gasteiger partial charge on any atom is 0.337 e. The highest BCUT2D eigenvalue weighted by atomic mass is 16.4. The Morgan fingerprint density at radius 3 is 2.94 bits per heavy atom. The molecule has 0 bridgehead atoms. The summed E-state index contributed by atoms with van der Waals surface area (Å²) in [5, 5.41) is 8.85. The van der Waals surface area contributed by atoms with E-state index in [2.05, 4.69) is 14.9 Å². The number of carboxylic acid groups (broad SMARTS) is 1. The quantitative estimate of drug-likeness (QED) is 0.658. The molecular formula is C10H9BN3O2. The maximum absolute atomic E-state index is 10.8. The molecule has 0 amide bonds. The van der Waals surface area contributed by atoms with Gasteiger partial charge in [0.25, 0.3) is 0 Å². The number of carbonyl (C=O) groups is 1. The first-order valence-corrected chi connectivity index (χ1v) is 5.16. The van der Waals surface area contributed by atoms with Gasteiger partial charge in [-0.2, -0.15) is 0 Å². The van der Waals surface area contributed by atoms with Gasteiger partial charge in [-0.25, -0.2) is 14.8 Å².